The van der Waals surface area contributed by atoms with Crippen LogP contribution in [0.3, 0.4) is 0 Å². The van der Waals surface area contributed by atoms with Gasteiger partial charge >= 0.3 is 0 Å². The van der Waals surface area contributed by atoms with Crippen LogP contribution in [0.2, 0.25) is 0 Å². The second-order valence-electron chi connectivity index (χ2n) is 4.39. The highest BCUT2D eigenvalue weighted by molar-refractivity contribution is 5.99. The first kappa shape index (κ1) is 14.7. The first-order valence-electron chi connectivity index (χ1n) is 5.98. The predicted octanol–water partition coefficient (Wildman–Crippen LogP) is 0.681. The van der Waals surface area contributed by atoms with E-state index in [1.54, 1.807) is 0 Å². The van der Waals surface area contributed by atoms with Crippen molar-refractivity contribution in [1.29, 1.82) is 5.26 Å². The fourth-order valence-corrected chi connectivity index (χ4v) is 1.98. The zero-order valence-electron chi connectivity index (χ0n) is 10.8. The van der Waals surface area contributed by atoms with E-state index in [9.17, 15) is 19.3 Å². The van der Waals surface area contributed by atoms with Crippen LogP contribution < -0.4 is 5.73 Å². The molecule has 2 rings (SSSR count). The molecule has 1 heterocycles. The molecule has 1 saturated heterocycles. The number of nitro groups is 1. The number of carbonyl (C=O) groups is 1. The quantitative estimate of drug-likeness (QED) is 0.486. The van der Waals surface area contributed by atoms with Gasteiger partial charge in [0.2, 0.25) is 0 Å². The summed E-state index contributed by atoms with van der Waals surface area (Å²) in [6.45, 7) is 0.323. The number of hydrogen-bond acceptors (Lipinski definition) is 6. The van der Waals surface area contributed by atoms with E-state index in [2.05, 4.69) is 0 Å². The maximum absolute atomic E-state index is 13.3. The molecule has 0 aromatic heterocycles. The Morgan fingerprint density at radius 3 is 2.95 bits per heavy atom. The number of benzene rings is 1. The van der Waals surface area contributed by atoms with Gasteiger partial charge in [-0.2, -0.15) is 5.26 Å². The van der Waals surface area contributed by atoms with Crippen LogP contribution in [0.1, 0.15) is 10.4 Å². The van der Waals surface area contributed by atoms with Gasteiger partial charge in [-0.15, -0.1) is 0 Å². The van der Waals surface area contributed by atoms with Crippen molar-refractivity contribution in [3.63, 3.8) is 0 Å². The van der Waals surface area contributed by atoms with Crippen LogP contribution in [0.4, 0.5) is 15.8 Å². The van der Waals surface area contributed by atoms with Gasteiger partial charge in [0.05, 0.1) is 35.9 Å². The molecule has 0 spiro atoms. The first-order chi connectivity index (χ1) is 9.93. The van der Waals surface area contributed by atoms with Crippen molar-refractivity contribution in [3.8, 4) is 6.07 Å². The SMILES string of the molecule is N#CC1CN(C(=O)c2cc(N)c(F)cc2[N+](=O)[O-])CCO1. The van der Waals surface area contributed by atoms with Gasteiger partial charge in [0, 0.05) is 6.54 Å². The number of morpholine rings is 1. The lowest BCUT2D eigenvalue weighted by molar-refractivity contribution is -0.385. The van der Waals surface area contributed by atoms with Crippen molar-refractivity contribution >= 4 is 17.3 Å². The number of halogens is 1. The molecule has 1 aromatic carbocycles. The number of nitrogens with two attached hydrogens (primary N) is 1. The van der Waals surface area contributed by atoms with Crippen molar-refractivity contribution in [3.05, 3.63) is 33.6 Å². The number of amides is 1. The number of nitriles is 1. The average molecular weight is 294 g/mol. The van der Waals surface area contributed by atoms with E-state index in [0.29, 0.717) is 6.07 Å². The van der Waals surface area contributed by atoms with Gasteiger partial charge in [-0.05, 0) is 6.07 Å². The molecule has 1 atom stereocenters. The molecule has 2 N–H and O–H groups in total. The third-order valence-corrected chi connectivity index (χ3v) is 3.04. The smallest absolute Gasteiger partial charge is 0.285 e. The molecule has 1 unspecified atom stereocenters. The monoisotopic (exact) mass is 294 g/mol. The summed E-state index contributed by atoms with van der Waals surface area (Å²) < 4.78 is 18.4. The van der Waals surface area contributed by atoms with Gasteiger partial charge in [0.25, 0.3) is 11.6 Å². The number of nitrogen functional groups attached to an aromatic ring is 1. The Labute approximate surface area is 118 Å². The Bertz CT molecular complexity index is 643. The summed E-state index contributed by atoms with van der Waals surface area (Å²) in [5.41, 5.74) is 4.04. The number of nitro benzene ring substituents is 1. The van der Waals surface area contributed by atoms with Crippen LogP contribution in [-0.2, 0) is 4.74 Å². The Balaban J connectivity index is 2.37. The highest BCUT2D eigenvalue weighted by Crippen LogP contribution is 2.26. The second kappa shape index (κ2) is 5.72. The summed E-state index contributed by atoms with van der Waals surface area (Å²) in [6.07, 6.45) is -0.792. The lowest BCUT2D eigenvalue weighted by atomic mass is 10.1. The number of rotatable bonds is 2. The standard InChI is InChI=1S/C12H11FN4O4/c13-9-4-11(17(19)20)8(3-10(9)15)12(18)16-1-2-21-7(5-14)6-16/h3-4,7H,1-2,6,15H2. The van der Waals surface area contributed by atoms with E-state index in [1.807, 2.05) is 6.07 Å². The van der Waals surface area contributed by atoms with Crippen molar-refractivity contribution < 1.29 is 18.8 Å². The summed E-state index contributed by atoms with van der Waals surface area (Å²) >= 11 is 0. The van der Waals surface area contributed by atoms with E-state index in [4.69, 9.17) is 15.7 Å². The lowest BCUT2D eigenvalue weighted by Gasteiger charge is -2.29. The fraction of sp³-hybridized carbons (Fsp3) is 0.333. The van der Waals surface area contributed by atoms with Gasteiger partial charge in [-0.3, -0.25) is 14.9 Å². The summed E-state index contributed by atoms with van der Waals surface area (Å²) in [7, 11) is 0. The van der Waals surface area contributed by atoms with Crippen molar-refractivity contribution in [2.75, 3.05) is 25.4 Å². The molecule has 0 saturated carbocycles. The van der Waals surface area contributed by atoms with Crippen LogP contribution in [-0.4, -0.2) is 41.5 Å². The number of ether oxygens (including phenoxy) is 1. The molecule has 8 nitrogen and oxygen atoms in total. The summed E-state index contributed by atoms with van der Waals surface area (Å²) in [6, 6.07) is 3.42. The normalized spacial score (nSPS) is 18.1. The molecule has 0 bridgehead atoms. The molecule has 21 heavy (non-hydrogen) atoms. The van der Waals surface area contributed by atoms with E-state index >= 15 is 0 Å². The Hall–Kier alpha value is -2.73. The molecule has 1 aliphatic rings. The van der Waals surface area contributed by atoms with E-state index < -0.39 is 28.4 Å². The zero-order chi connectivity index (χ0) is 15.6. The summed E-state index contributed by atoms with van der Waals surface area (Å²) in [5, 5.41) is 19.7. The van der Waals surface area contributed by atoms with E-state index in [1.165, 1.54) is 4.90 Å². The maximum atomic E-state index is 13.3. The number of anilines is 1. The van der Waals surface area contributed by atoms with Crippen LogP contribution >= 0.6 is 0 Å². The third kappa shape index (κ3) is 2.90. The largest absolute Gasteiger partial charge is 0.396 e. The van der Waals surface area contributed by atoms with Gasteiger partial charge < -0.3 is 15.4 Å². The molecular weight excluding hydrogens is 283 g/mol. The molecule has 1 fully saturated rings. The average Bonchev–Trinajstić information content (AvgIpc) is 2.48. The first-order valence-corrected chi connectivity index (χ1v) is 5.98. The van der Waals surface area contributed by atoms with Gasteiger partial charge in [0.1, 0.15) is 5.56 Å². The highest BCUT2D eigenvalue weighted by atomic mass is 19.1. The van der Waals surface area contributed by atoms with Crippen LogP contribution in [0.25, 0.3) is 0 Å². The van der Waals surface area contributed by atoms with Crippen molar-refractivity contribution in [2.45, 2.75) is 6.10 Å². The summed E-state index contributed by atoms with van der Waals surface area (Å²) in [5.74, 6) is -1.65. The fourth-order valence-electron chi connectivity index (χ4n) is 1.98. The Morgan fingerprint density at radius 2 is 2.33 bits per heavy atom. The molecule has 1 amide bonds. The predicted molar refractivity (Wildman–Crippen MR) is 68.7 cm³/mol. The maximum Gasteiger partial charge on any atom is 0.285 e. The van der Waals surface area contributed by atoms with E-state index in [-0.39, 0.29) is 30.9 Å². The molecule has 9 heteroatoms. The lowest BCUT2D eigenvalue weighted by Crippen LogP contribution is -2.45. The summed E-state index contributed by atoms with van der Waals surface area (Å²) in [4.78, 5) is 23.7. The second-order valence-corrected chi connectivity index (χ2v) is 4.39. The highest BCUT2D eigenvalue weighted by Gasteiger charge is 2.30. The van der Waals surface area contributed by atoms with Crippen LogP contribution in [0.5, 0.6) is 0 Å². The minimum atomic E-state index is -0.963. The van der Waals surface area contributed by atoms with E-state index in [0.717, 1.165) is 6.07 Å². The number of carbonyl (C=O) groups excluding carboxylic acids is 1. The molecule has 0 radical (unpaired) electrons. The third-order valence-electron chi connectivity index (χ3n) is 3.04. The number of hydrogen-bond donors (Lipinski definition) is 1. The topological polar surface area (TPSA) is 122 Å². The molecule has 1 aliphatic heterocycles. The van der Waals surface area contributed by atoms with Crippen LogP contribution in [0.15, 0.2) is 12.1 Å². The minimum absolute atomic E-state index is 0.0101. The molecule has 110 valence electrons. The van der Waals surface area contributed by atoms with Crippen molar-refractivity contribution in [2.24, 2.45) is 0 Å². The Kier molecular flexibility index (Phi) is 4.00. The van der Waals surface area contributed by atoms with Crippen molar-refractivity contribution in [1.82, 2.24) is 4.90 Å². The minimum Gasteiger partial charge on any atom is -0.396 e. The van der Waals surface area contributed by atoms with Crippen LogP contribution in [0, 0.1) is 27.3 Å². The Morgan fingerprint density at radius 1 is 1.62 bits per heavy atom. The van der Waals surface area contributed by atoms with Gasteiger partial charge in [0.15, 0.2) is 11.9 Å². The zero-order valence-corrected chi connectivity index (χ0v) is 10.8. The molecular formula is C12H11FN4O4. The molecule has 1 aromatic rings. The number of nitrogens with zero attached hydrogens (tertiary/aromatic N) is 3. The van der Waals surface area contributed by atoms with Gasteiger partial charge in [-0.1, -0.05) is 0 Å². The van der Waals surface area contributed by atoms with Gasteiger partial charge in [-0.25, -0.2) is 4.39 Å². The molecule has 0 aliphatic carbocycles.